The molecule has 4 aromatic rings. The molecule has 0 amide bonds. The summed E-state index contributed by atoms with van der Waals surface area (Å²) in [6.45, 7) is 1.57. The summed E-state index contributed by atoms with van der Waals surface area (Å²) in [7, 11) is -3.89. The summed E-state index contributed by atoms with van der Waals surface area (Å²) in [6.07, 6.45) is 1.45. The van der Waals surface area contributed by atoms with E-state index < -0.39 is 28.3 Å². The Balaban J connectivity index is 1.59. The fourth-order valence-corrected chi connectivity index (χ4v) is 5.34. The average Bonchev–Trinajstić information content (AvgIpc) is 2.93. The van der Waals surface area contributed by atoms with E-state index in [1.807, 2.05) is 0 Å². The van der Waals surface area contributed by atoms with E-state index in [0.29, 0.717) is 65.8 Å². The van der Waals surface area contributed by atoms with Gasteiger partial charge in [0.05, 0.1) is 36.8 Å². The number of fused-ring (bicyclic) bond motifs is 1. The van der Waals surface area contributed by atoms with E-state index in [-0.39, 0.29) is 17.7 Å². The van der Waals surface area contributed by atoms with Gasteiger partial charge in [-0.05, 0) is 42.3 Å². The van der Waals surface area contributed by atoms with Crippen molar-refractivity contribution >= 4 is 38.2 Å². The topological polar surface area (TPSA) is 123 Å². The summed E-state index contributed by atoms with van der Waals surface area (Å²) in [4.78, 5) is 15.8. The third kappa shape index (κ3) is 5.50. The fourth-order valence-electron chi connectivity index (χ4n) is 4.26. The number of ether oxygens (including phenoxy) is 1. The zero-order valence-electron chi connectivity index (χ0n) is 20.4. The number of nitrogen functional groups attached to an aromatic ring is 1. The minimum absolute atomic E-state index is 0.167. The maximum atomic E-state index is 15.5. The number of anilines is 3. The number of rotatable bonds is 8. The van der Waals surface area contributed by atoms with Gasteiger partial charge in [0.1, 0.15) is 11.6 Å². The molecule has 1 saturated heterocycles. The first-order chi connectivity index (χ1) is 18.3. The number of halogens is 2. The quantitative estimate of drug-likeness (QED) is 0.344. The summed E-state index contributed by atoms with van der Waals surface area (Å²) in [5.41, 5.74) is 7.63. The van der Waals surface area contributed by atoms with Crippen LogP contribution in [-0.2, 0) is 14.8 Å². The van der Waals surface area contributed by atoms with Crippen LogP contribution in [0, 0.1) is 5.82 Å². The molecule has 38 heavy (non-hydrogen) atoms. The van der Waals surface area contributed by atoms with Gasteiger partial charge in [0, 0.05) is 35.8 Å². The lowest BCUT2D eigenvalue weighted by Crippen LogP contribution is -2.37. The van der Waals surface area contributed by atoms with Crippen molar-refractivity contribution < 1.29 is 21.9 Å². The Kier molecular flexibility index (Phi) is 7.34. The van der Waals surface area contributed by atoms with Gasteiger partial charge in [0.2, 0.25) is 10.0 Å². The molecule has 3 heterocycles. The second kappa shape index (κ2) is 10.8. The van der Waals surface area contributed by atoms with Crippen LogP contribution in [0.25, 0.3) is 33.4 Å². The number of pyridine rings is 1. The molecular formula is C26H26F2N6O3S. The highest BCUT2D eigenvalue weighted by Crippen LogP contribution is 2.34. The SMILES string of the molecule is Nc1ccc(-c2nc(N3CCOCC3)c3cc(-c4cccc(NS(=O)(=O)CCCF)c4F)ccc3n2)cn1. The minimum Gasteiger partial charge on any atom is -0.384 e. The van der Waals surface area contributed by atoms with Gasteiger partial charge in [0.25, 0.3) is 0 Å². The van der Waals surface area contributed by atoms with Crippen LogP contribution in [0.4, 0.5) is 26.1 Å². The van der Waals surface area contributed by atoms with Crippen LogP contribution in [0.2, 0.25) is 0 Å². The number of hydrogen-bond donors (Lipinski definition) is 2. The molecule has 1 aliphatic rings. The largest absolute Gasteiger partial charge is 0.384 e. The summed E-state index contributed by atoms with van der Waals surface area (Å²) in [6, 6.07) is 13.3. The molecule has 9 nitrogen and oxygen atoms in total. The number of aromatic nitrogens is 3. The molecule has 0 radical (unpaired) electrons. The number of morpholine rings is 1. The van der Waals surface area contributed by atoms with Gasteiger partial charge in [-0.3, -0.25) is 9.11 Å². The molecular weight excluding hydrogens is 514 g/mol. The first-order valence-corrected chi connectivity index (χ1v) is 13.7. The molecule has 3 N–H and O–H groups in total. The Morgan fingerprint density at radius 1 is 1.05 bits per heavy atom. The van der Waals surface area contributed by atoms with E-state index in [0.717, 1.165) is 0 Å². The van der Waals surface area contributed by atoms with Crippen LogP contribution in [0.3, 0.4) is 0 Å². The van der Waals surface area contributed by atoms with E-state index in [9.17, 15) is 12.8 Å². The first-order valence-electron chi connectivity index (χ1n) is 12.1. The van der Waals surface area contributed by atoms with E-state index in [1.54, 1.807) is 48.7 Å². The van der Waals surface area contributed by atoms with Crippen molar-refractivity contribution in [2.24, 2.45) is 0 Å². The molecule has 0 bridgehead atoms. The van der Waals surface area contributed by atoms with Crippen LogP contribution >= 0.6 is 0 Å². The lowest BCUT2D eigenvalue weighted by Gasteiger charge is -2.29. The predicted octanol–water partition coefficient (Wildman–Crippen LogP) is 4.02. The van der Waals surface area contributed by atoms with Gasteiger partial charge in [-0.25, -0.2) is 27.8 Å². The zero-order chi connectivity index (χ0) is 26.7. The summed E-state index contributed by atoms with van der Waals surface area (Å²) >= 11 is 0. The molecule has 2 aromatic carbocycles. The molecule has 0 spiro atoms. The molecule has 0 saturated carbocycles. The highest BCUT2D eigenvalue weighted by Gasteiger charge is 2.21. The van der Waals surface area contributed by atoms with E-state index in [2.05, 4.69) is 14.6 Å². The van der Waals surface area contributed by atoms with Crippen molar-refractivity contribution in [3.05, 3.63) is 60.5 Å². The van der Waals surface area contributed by atoms with Crippen molar-refractivity contribution in [1.29, 1.82) is 0 Å². The monoisotopic (exact) mass is 540 g/mol. The first kappa shape index (κ1) is 25.7. The van der Waals surface area contributed by atoms with Crippen molar-refractivity contribution in [3.8, 4) is 22.5 Å². The van der Waals surface area contributed by atoms with Crippen LogP contribution in [0.15, 0.2) is 54.7 Å². The number of nitrogens with one attached hydrogen (secondary N) is 1. The molecule has 0 unspecified atom stereocenters. The molecule has 12 heteroatoms. The van der Waals surface area contributed by atoms with Crippen molar-refractivity contribution in [2.75, 3.05) is 54.1 Å². The number of alkyl halides is 1. The number of sulfonamides is 1. The highest BCUT2D eigenvalue weighted by molar-refractivity contribution is 7.92. The average molecular weight is 541 g/mol. The van der Waals surface area contributed by atoms with Crippen LogP contribution in [0.1, 0.15) is 6.42 Å². The number of nitrogens with two attached hydrogens (primary N) is 1. The second-order valence-electron chi connectivity index (χ2n) is 8.80. The van der Waals surface area contributed by atoms with Gasteiger partial charge in [-0.2, -0.15) is 0 Å². The lowest BCUT2D eigenvalue weighted by molar-refractivity contribution is 0.122. The molecule has 5 rings (SSSR count). The number of hydrogen-bond acceptors (Lipinski definition) is 8. The van der Waals surface area contributed by atoms with Gasteiger partial charge >= 0.3 is 0 Å². The third-order valence-corrected chi connectivity index (χ3v) is 7.51. The maximum Gasteiger partial charge on any atom is 0.232 e. The summed E-state index contributed by atoms with van der Waals surface area (Å²) in [5.74, 6) is 0.385. The van der Waals surface area contributed by atoms with Crippen molar-refractivity contribution in [3.63, 3.8) is 0 Å². The minimum atomic E-state index is -3.89. The zero-order valence-corrected chi connectivity index (χ0v) is 21.2. The Hall–Kier alpha value is -3.90. The van der Waals surface area contributed by atoms with Gasteiger partial charge in [-0.1, -0.05) is 18.2 Å². The molecule has 1 aliphatic heterocycles. The second-order valence-corrected chi connectivity index (χ2v) is 10.6. The molecule has 0 atom stereocenters. The molecule has 0 aliphatic carbocycles. The Bertz CT molecular complexity index is 1560. The maximum absolute atomic E-state index is 15.5. The molecule has 198 valence electrons. The van der Waals surface area contributed by atoms with Gasteiger partial charge in [0.15, 0.2) is 11.6 Å². The van der Waals surface area contributed by atoms with Crippen LogP contribution in [0.5, 0.6) is 0 Å². The smallest absolute Gasteiger partial charge is 0.232 e. The Labute approximate surface area is 218 Å². The van der Waals surface area contributed by atoms with Crippen LogP contribution in [-0.4, -0.2) is 62.1 Å². The Morgan fingerprint density at radius 2 is 1.84 bits per heavy atom. The summed E-state index contributed by atoms with van der Waals surface area (Å²) < 4.78 is 60.2. The van der Waals surface area contributed by atoms with Gasteiger partial charge < -0.3 is 15.4 Å². The third-order valence-electron chi connectivity index (χ3n) is 6.15. The highest BCUT2D eigenvalue weighted by atomic mass is 32.2. The number of benzene rings is 2. The van der Waals surface area contributed by atoms with Gasteiger partial charge in [-0.15, -0.1) is 0 Å². The lowest BCUT2D eigenvalue weighted by atomic mass is 10.0. The van der Waals surface area contributed by atoms with E-state index in [4.69, 9.17) is 20.4 Å². The van der Waals surface area contributed by atoms with E-state index in [1.165, 1.54) is 6.07 Å². The van der Waals surface area contributed by atoms with Crippen LogP contribution < -0.4 is 15.4 Å². The normalized spacial score (nSPS) is 14.1. The molecule has 2 aromatic heterocycles. The fraction of sp³-hybridized carbons (Fsp3) is 0.269. The number of nitrogens with zero attached hydrogens (tertiary/aromatic N) is 4. The van der Waals surface area contributed by atoms with Crippen molar-refractivity contribution in [1.82, 2.24) is 15.0 Å². The standard InChI is InChI=1S/C26H26F2N6O3S/c27-9-2-14-38(35,36)33-22-4-1-3-19(24(22)28)17-5-7-21-20(15-17)26(34-10-12-37-13-11-34)32-25(31-21)18-6-8-23(29)30-16-18/h1,3-8,15-16,33H,2,9-14H2,(H2,29,30). The van der Waals surface area contributed by atoms with E-state index >= 15 is 4.39 Å². The predicted molar refractivity (Wildman–Crippen MR) is 144 cm³/mol. The molecule has 1 fully saturated rings. The van der Waals surface area contributed by atoms with Crippen molar-refractivity contribution in [2.45, 2.75) is 6.42 Å². The Morgan fingerprint density at radius 3 is 2.58 bits per heavy atom. The summed E-state index contributed by atoms with van der Waals surface area (Å²) in [5, 5.41) is 0.713.